The number of allylic oxidation sites excluding steroid dienone is 10. The van der Waals surface area contributed by atoms with Crippen LogP contribution in [0.2, 0.25) is 0 Å². The monoisotopic (exact) mass is 825 g/mol. The molecule has 0 fully saturated rings. The van der Waals surface area contributed by atoms with E-state index in [1.807, 2.05) is 0 Å². The van der Waals surface area contributed by atoms with Gasteiger partial charge in [-0.2, -0.15) is 0 Å². The van der Waals surface area contributed by atoms with E-state index in [0.29, 0.717) is 19.3 Å². The summed E-state index contributed by atoms with van der Waals surface area (Å²) >= 11 is 0. The molecule has 0 aliphatic carbocycles. The maximum absolute atomic E-state index is 12.7. The zero-order valence-electron chi connectivity index (χ0n) is 38.8. The smallest absolute Gasteiger partial charge is 0.306 e. The molecule has 0 radical (unpaired) electrons. The van der Waals surface area contributed by atoms with Crippen molar-refractivity contribution in [3.63, 3.8) is 0 Å². The Morgan fingerprint density at radius 2 is 0.627 bits per heavy atom. The summed E-state index contributed by atoms with van der Waals surface area (Å²) in [5.41, 5.74) is 0. The lowest BCUT2D eigenvalue weighted by atomic mass is 10.0. The quantitative estimate of drug-likeness (QED) is 0.0263. The summed E-state index contributed by atoms with van der Waals surface area (Å²) in [6, 6.07) is 0. The van der Waals surface area contributed by atoms with Crippen molar-refractivity contribution < 1.29 is 28.6 Å². The van der Waals surface area contributed by atoms with E-state index in [2.05, 4.69) is 81.5 Å². The first-order chi connectivity index (χ1) is 29.0. The Bertz CT molecular complexity index is 1090. The molecular weight excluding hydrogens is 733 g/mol. The van der Waals surface area contributed by atoms with Gasteiger partial charge in [-0.1, -0.05) is 197 Å². The summed E-state index contributed by atoms with van der Waals surface area (Å²) in [5.74, 6) is -0.960. The Hall–Kier alpha value is -2.89. The zero-order valence-corrected chi connectivity index (χ0v) is 38.8. The molecule has 0 spiro atoms. The molecule has 0 bridgehead atoms. The van der Waals surface area contributed by atoms with Crippen molar-refractivity contribution in [3.8, 4) is 0 Å². The van der Waals surface area contributed by atoms with Gasteiger partial charge in [-0.15, -0.1) is 0 Å². The molecule has 1 atom stereocenters. The molecule has 0 unspecified atom stereocenters. The first-order valence-electron chi connectivity index (χ1n) is 24.8. The summed E-state index contributed by atoms with van der Waals surface area (Å²) in [7, 11) is 0. The van der Waals surface area contributed by atoms with Crippen LogP contribution in [0.5, 0.6) is 0 Å². The van der Waals surface area contributed by atoms with Gasteiger partial charge >= 0.3 is 17.9 Å². The molecule has 0 N–H and O–H groups in total. The molecule has 0 aromatic heterocycles. The highest BCUT2D eigenvalue weighted by Crippen LogP contribution is 2.14. The largest absolute Gasteiger partial charge is 0.462 e. The normalized spacial score (nSPS) is 12.5. The van der Waals surface area contributed by atoms with Crippen molar-refractivity contribution in [1.29, 1.82) is 0 Å². The topological polar surface area (TPSA) is 78.9 Å². The molecular formula is C53H92O6. The number of hydrogen-bond donors (Lipinski definition) is 0. The zero-order chi connectivity index (χ0) is 43.0. The van der Waals surface area contributed by atoms with Crippen molar-refractivity contribution in [1.82, 2.24) is 0 Å². The summed E-state index contributed by atoms with van der Waals surface area (Å²) in [6.07, 6.45) is 57.7. The van der Waals surface area contributed by atoms with E-state index in [4.69, 9.17) is 14.2 Å². The van der Waals surface area contributed by atoms with Crippen molar-refractivity contribution in [3.05, 3.63) is 60.8 Å². The van der Waals surface area contributed by atoms with Crippen LogP contribution in [0.15, 0.2) is 60.8 Å². The van der Waals surface area contributed by atoms with Gasteiger partial charge in [-0.05, 0) is 83.5 Å². The molecule has 0 saturated carbocycles. The molecule has 0 rings (SSSR count). The van der Waals surface area contributed by atoms with Gasteiger partial charge in [0, 0.05) is 19.3 Å². The van der Waals surface area contributed by atoms with Crippen LogP contribution in [-0.4, -0.2) is 37.2 Å². The molecule has 0 aliphatic heterocycles. The van der Waals surface area contributed by atoms with E-state index in [1.165, 1.54) is 116 Å². The number of unbranched alkanes of at least 4 members (excludes halogenated alkanes) is 23. The third kappa shape index (κ3) is 46.0. The molecule has 340 valence electrons. The number of rotatable bonds is 44. The second-order valence-corrected chi connectivity index (χ2v) is 16.4. The summed E-state index contributed by atoms with van der Waals surface area (Å²) in [5, 5.41) is 0. The molecule has 6 nitrogen and oxygen atoms in total. The van der Waals surface area contributed by atoms with E-state index in [-0.39, 0.29) is 37.5 Å². The first kappa shape index (κ1) is 56.1. The Kier molecular flexibility index (Phi) is 45.4. The van der Waals surface area contributed by atoms with E-state index in [9.17, 15) is 14.4 Å². The molecule has 59 heavy (non-hydrogen) atoms. The maximum atomic E-state index is 12.7. The standard InChI is InChI=1S/C53H92O6/c1-4-7-10-13-16-19-22-25-26-27-28-29-32-34-37-40-43-46-52(55)58-49-50(59-53(56)47-44-41-38-35-31-24-21-18-15-12-9-6-3)48-57-51(54)45-42-39-36-33-30-23-20-17-14-11-8-5-2/h16,18-19,21,25-26,28-29,34,37,50H,4-15,17,20,22-24,27,30-33,35-36,38-49H2,1-3H3/b19-16-,21-18-,26-25-,29-28-,37-34-/t50-/m1/s1. The summed E-state index contributed by atoms with van der Waals surface area (Å²) in [4.78, 5) is 37.8. The Balaban J connectivity index is 4.46. The average Bonchev–Trinajstić information content (AvgIpc) is 3.23. The fraction of sp³-hybridized carbons (Fsp3) is 0.755. The van der Waals surface area contributed by atoms with E-state index in [1.54, 1.807) is 0 Å². The second-order valence-electron chi connectivity index (χ2n) is 16.4. The van der Waals surface area contributed by atoms with Gasteiger partial charge < -0.3 is 14.2 Å². The fourth-order valence-corrected chi connectivity index (χ4v) is 6.72. The Labute approximate surface area is 364 Å². The van der Waals surface area contributed by atoms with Crippen LogP contribution < -0.4 is 0 Å². The van der Waals surface area contributed by atoms with Crippen LogP contribution >= 0.6 is 0 Å². The van der Waals surface area contributed by atoms with Crippen molar-refractivity contribution in [2.24, 2.45) is 0 Å². The summed E-state index contributed by atoms with van der Waals surface area (Å²) in [6.45, 7) is 6.52. The highest BCUT2D eigenvalue weighted by atomic mass is 16.6. The highest BCUT2D eigenvalue weighted by Gasteiger charge is 2.19. The number of esters is 3. The predicted octanol–water partition coefficient (Wildman–Crippen LogP) is 16.1. The third-order valence-electron chi connectivity index (χ3n) is 10.5. The van der Waals surface area contributed by atoms with Crippen LogP contribution in [0.1, 0.15) is 239 Å². The lowest BCUT2D eigenvalue weighted by Crippen LogP contribution is -2.30. The predicted molar refractivity (Wildman–Crippen MR) is 251 cm³/mol. The van der Waals surface area contributed by atoms with Crippen molar-refractivity contribution in [2.75, 3.05) is 13.2 Å². The van der Waals surface area contributed by atoms with Gasteiger partial charge in [0.2, 0.25) is 0 Å². The Morgan fingerprint density at radius 3 is 1.07 bits per heavy atom. The van der Waals surface area contributed by atoms with Crippen molar-refractivity contribution in [2.45, 2.75) is 245 Å². The lowest BCUT2D eigenvalue weighted by Gasteiger charge is -2.18. The van der Waals surface area contributed by atoms with Gasteiger partial charge in [0.25, 0.3) is 0 Å². The molecule has 6 heteroatoms. The number of carbonyl (C=O) groups is 3. The van der Waals surface area contributed by atoms with Gasteiger partial charge in [-0.3, -0.25) is 14.4 Å². The molecule has 0 saturated heterocycles. The number of hydrogen-bond acceptors (Lipinski definition) is 6. The second kappa shape index (κ2) is 47.8. The molecule has 0 aromatic rings. The lowest BCUT2D eigenvalue weighted by molar-refractivity contribution is -0.167. The SMILES string of the molecule is CCCCC/C=C\C/C=C\C/C=C\C/C=C\CCCC(=O)OC[C@@H](COC(=O)CCCCCCCCCCCCCC)OC(=O)CCCCCCC/C=C\CCCCC. The summed E-state index contributed by atoms with van der Waals surface area (Å²) < 4.78 is 16.7. The van der Waals surface area contributed by atoms with E-state index < -0.39 is 6.10 Å². The maximum Gasteiger partial charge on any atom is 0.306 e. The van der Waals surface area contributed by atoms with Gasteiger partial charge in [0.05, 0.1) is 0 Å². The number of ether oxygens (including phenoxy) is 3. The molecule has 0 aliphatic rings. The molecule has 0 aromatic carbocycles. The van der Waals surface area contributed by atoms with Crippen LogP contribution in [0.25, 0.3) is 0 Å². The van der Waals surface area contributed by atoms with Crippen LogP contribution in [0.4, 0.5) is 0 Å². The number of carbonyl (C=O) groups excluding carboxylic acids is 3. The van der Waals surface area contributed by atoms with Crippen LogP contribution in [0.3, 0.4) is 0 Å². The minimum atomic E-state index is -0.796. The Morgan fingerprint density at radius 1 is 0.339 bits per heavy atom. The van der Waals surface area contributed by atoms with E-state index in [0.717, 1.165) is 77.0 Å². The van der Waals surface area contributed by atoms with Crippen molar-refractivity contribution >= 4 is 17.9 Å². The molecule has 0 heterocycles. The third-order valence-corrected chi connectivity index (χ3v) is 10.5. The average molecular weight is 825 g/mol. The molecule has 0 amide bonds. The van der Waals surface area contributed by atoms with Crippen LogP contribution in [0, 0.1) is 0 Å². The van der Waals surface area contributed by atoms with Gasteiger partial charge in [-0.25, -0.2) is 0 Å². The first-order valence-corrected chi connectivity index (χ1v) is 24.8. The van der Waals surface area contributed by atoms with E-state index >= 15 is 0 Å². The minimum absolute atomic E-state index is 0.0930. The van der Waals surface area contributed by atoms with Crippen LogP contribution in [-0.2, 0) is 28.6 Å². The van der Waals surface area contributed by atoms with Gasteiger partial charge in [0.15, 0.2) is 6.10 Å². The highest BCUT2D eigenvalue weighted by molar-refractivity contribution is 5.71. The van der Waals surface area contributed by atoms with Gasteiger partial charge in [0.1, 0.15) is 13.2 Å². The minimum Gasteiger partial charge on any atom is -0.462 e. The fourth-order valence-electron chi connectivity index (χ4n) is 6.72.